The number of nitrogens with one attached hydrogen (secondary N) is 2. The SMILES string of the molecule is COc1ccc([C@H](CNC(=O)C(=O)Nc2cc(C(=O)O)ccc2C)N(C)C)cc1. The molecule has 2 aromatic carbocycles. The Bertz CT molecular complexity index is 894. The van der Waals surface area contributed by atoms with Crippen LogP contribution in [0.1, 0.15) is 27.5 Å². The third-order valence-corrected chi connectivity index (χ3v) is 4.52. The first-order valence-electron chi connectivity index (χ1n) is 8.96. The molecule has 0 aliphatic heterocycles. The van der Waals surface area contributed by atoms with E-state index in [-0.39, 0.29) is 23.8 Å². The van der Waals surface area contributed by atoms with Crippen LogP contribution in [0, 0.1) is 6.92 Å². The molecule has 2 rings (SSSR count). The van der Waals surface area contributed by atoms with Crippen LogP contribution in [0.15, 0.2) is 42.5 Å². The van der Waals surface area contributed by atoms with E-state index in [1.165, 1.54) is 12.1 Å². The summed E-state index contributed by atoms with van der Waals surface area (Å²) >= 11 is 0. The van der Waals surface area contributed by atoms with Gasteiger partial charge in [-0.2, -0.15) is 0 Å². The van der Waals surface area contributed by atoms with E-state index >= 15 is 0 Å². The van der Waals surface area contributed by atoms with Crippen molar-refractivity contribution in [2.45, 2.75) is 13.0 Å². The quantitative estimate of drug-likeness (QED) is 0.615. The normalized spacial score (nSPS) is 11.6. The number of amides is 2. The minimum Gasteiger partial charge on any atom is -0.497 e. The zero-order valence-electron chi connectivity index (χ0n) is 16.9. The Morgan fingerprint density at radius 2 is 1.72 bits per heavy atom. The predicted octanol–water partition coefficient (Wildman–Crippen LogP) is 2.06. The van der Waals surface area contributed by atoms with E-state index in [9.17, 15) is 14.4 Å². The summed E-state index contributed by atoms with van der Waals surface area (Å²) in [5, 5.41) is 14.2. The molecule has 0 aliphatic rings. The molecule has 0 bridgehead atoms. The Morgan fingerprint density at radius 3 is 2.28 bits per heavy atom. The molecule has 0 aromatic heterocycles. The second-order valence-electron chi connectivity index (χ2n) is 6.75. The van der Waals surface area contributed by atoms with Crippen molar-refractivity contribution in [3.63, 3.8) is 0 Å². The van der Waals surface area contributed by atoms with Gasteiger partial charge in [-0.15, -0.1) is 0 Å². The van der Waals surface area contributed by atoms with Crippen LogP contribution in [0.3, 0.4) is 0 Å². The number of anilines is 1. The van der Waals surface area contributed by atoms with Crippen molar-refractivity contribution < 1.29 is 24.2 Å². The summed E-state index contributed by atoms with van der Waals surface area (Å²) in [6.07, 6.45) is 0. The molecule has 8 heteroatoms. The minimum atomic E-state index is -1.11. The molecule has 0 aliphatic carbocycles. The van der Waals surface area contributed by atoms with E-state index in [0.717, 1.165) is 11.3 Å². The third kappa shape index (κ3) is 5.79. The molecule has 8 nitrogen and oxygen atoms in total. The van der Waals surface area contributed by atoms with Crippen LogP contribution in [-0.2, 0) is 9.59 Å². The number of benzene rings is 2. The second kappa shape index (κ2) is 9.70. The topological polar surface area (TPSA) is 108 Å². The van der Waals surface area contributed by atoms with Crippen molar-refractivity contribution in [1.29, 1.82) is 0 Å². The summed E-state index contributed by atoms with van der Waals surface area (Å²) in [6, 6.07) is 11.6. The van der Waals surface area contributed by atoms with Gasteiger partial charge in [0.2, 0.25) is 0 Å². The number of hydrogen-bond acceptors (Lipinski definition) is 5. The number of aromatic carboxylic acids is 1. The van der Waals surface area contributed by atoms with Crippen LogP contribution in [-0.4, -0.2) is 55.5 Å². The lowest BCUT2D eigenvalue weighted by molar-refractivity contribution is -0.136. The van der Waals surface area contributed by atoms with Gasteiger partial charge in [-0.3, -0.25) is 9.59 Å². The Labute approximate surface area is 169 Å². The Kier molecular flexibility index (Phi) is 7.33. The average molecular weight is 399 g/mol. The fraction of sp³-hybridized carbons (Fsp3) is 0.286. The van der Waals surface area contributed by atoms with Crippen LogP contribution in [0.25, 0.3) is 0 Å². The van der Waals surface area contributed by atoms with Gasteiger partial charge in [0, 0.05) is 12.2 Å². The maximum atomic E-state index is 12.3. The van der Waals surface area contributed by atoms with Gasteiger partial charge in [-0.05, 0) is 56.4 Å². The van der Waals surface area contributed by atoms with Crippen molar-refractivity contribution >= 4 is 23.5 Å². The lowest BCUT2D eigenvalue weighted by Gasteiger charge is -2.25. The summed E-state index contributed by atoms with van der Waals surface area (Å²) in [7, 11) is 5.34. The van der Waals surface area contributed by atoms with Gasteiger partial charge in [0.05, 0.1) is 18.7 Å². The molecule has 0 unspecified atom stereocenters. The molecule has 29 heavy (non-hydrogen) atoms. The molecule has 0 saturated heterocycles. The Morgan fingerprint density at radius 1 is 1.07 bits per heavy atom. The highest BCUT2D eigenvalue weighted by Crippen LogP contribution is 2.21. The van der Waals surface area contributed by atoms with E-state index in [1.807, 2.05) is 43.3 Å². The largest absolute Gasteiger partial charge is 0.497 e. The highest BCUT2D eigenvalue weighted by Gasteiger charge is 2.20. The number of carbonyl (C=O) groups is 3. The number of carboxylic acid groups (broad SMARTS) is 1. The number of methoxy groups -OCH3 is 1. The molecule has 2 amide bonds. The molecule has 0 heterocycles. The van der Waals surface area contributed by atoms with E-state index in [0.29, 0.717) is 5.56 Å². The Hall–Kier alpha value is -3.39. The molecular formula is C21H25N3O5. The fourth-order valence-corrected chi connectivity index (χ4v) is 2.76. The van der Waals surface area contributed by atoms with Crippen molar-refractivity contribution in [3.05, 3.63) is 59.2 Å². The van der Waals surface area contributed by atoms with E-state index in [2.05, 4.69) is 10.6 Å². The smallest absolute Gasteiger partial charge is 0.335 e. The molecule has 0 radical (unpaired) electrons. The number of carboxylic acids is 1. The summed E-state index contributed by atoms with van der Waals surface area (Å²) < 4.78 is 5.16. The van der Waals surface area contributed by atoms with Crippen LogP contribution >= 0.6 is 0 Å². The molecule has 3 N–H and O–H groups in total. The molecule has 0 spiro atoms. The molecular weight excluding hydrogens is 374 g/mol. The highest BCUT2D eigenvalue weighted by atomic mass is 16.5. The minimum absolute atomic E-state index is 0.0264. The van der Waals surface area contributed by atoms with Gasteiger partial charge >= 0.3 is 17.8 Å². The predicted molar refractivity (Wildman–Crippen MR) is 109 cm³/mol. The van der Waals surface area contributed by atoms with Crippen molar-refractivity contribution in [2.24, 2.45) is 0 Å². The third-order valence-electron chi connectivity index (χ3n) is 4.52. The standard InChI is InChI=1S/C21H25N3O5/c1-13-5-6-15(21(27)28)11-17(13)23-20(26)19(25)22-12-18(24(2)3)14-7-9-16(29-4)10-8-14/h5-11,18H,12H2,1-4H3,(H,22,25)(H,23,26)(H,27,28)/t18-/m0/s1. The lowest BCUT2D eigenvalue weighted by Crippen LogP contribution is -2.40. The summed E-state index contributed by atoms with van der Waals surface area (Å²) in [6.45, 7) is 1.94. The molecule has 154 valence electrons. The number of rotatable bonds is 7. The van der Waals surface area contributed by atoms with Crippen molar-refractivity contribution in [1.82, 2.24) is 10.2 Å². The van der Waals surface area contributed by atoms with Gasteiger partial charge in [-0.1, -0.05) is 18.2 Å². The van der Waals surface area contributed by atoms with Gasteiger partial charge < -0.3 is 25.4 Å². The van der Waals surface area contributed by atoms with Crippen LogP contribution < -0.4 is 15.4 Å². The zero-order chi connectivity index (χ0) is 21.6. The van der Waals surface area contributed by atoms with E-state index in [1.54, 1.807) is 20.1 Å². The summed E-state index contributed by atoms with van der Waals surface area (Å²) in [5.41, 5.74) is 1.92. The van der Waals surface area contributed by atoms with E-state index < -0.39 is 17.8 Å². The average Bonchev–Trinajstić information content (AvgIpc) is 2.69. The number of ether oxygens (including phenoxy) is 1. The first kappa shape index (κ1) is 21.9. The van der Waals surface area contributed by atoms with Crippen molar-refractivity contribution in [2.75, 3.05) is 33.1 Å². The highest BCUT2D eigenvalue weighted by molar-refractivity contribution is 6.39. The fourth-order valence-electron chi connectivity index (χ4n) is 2.76. The zero-order valence-corrected chi connectivity index (χ0v) is 16.9. The lowest BCUT2D eigenvalue weighted by atomic mass is 10.1. The van der Waals surface area contributed by atoms with Gasteiger partial charge in [0.1, 0.15) is 5.75 Å². The molecule has 0 saturated carbocycles. The first-order chi connectivity index (χ1) is 13.7. The van der Waals surface area contributed by atoms with Gasteiger partial charge in [-0.25, -0.2) is 4.79 Å². The molecule has 1 atom stereocenters. The van der Waals surface area contributed by atoms with Gasteiger partial charge in [0.25, 0.3) is 0 Å². The first-order valence-corrected chi connectivity index (χ1v) is 8.96. The maximum Gasteiger partial charge on any atom is 0.335 e. The van der Waals surface area contributed by atoms with Crippen LogP contribution in [0.2, 0.25) is 0 Å². The summed E-state index contributed by atoms with van der Waals surface area (Å²) in [5.74, 6) is -2.04. The van der Waals surface area contributed by atoms with Gasteiger partial charge in [0.15, 0.2) is 0 Å². The number of likely N-dealkylation sites (N-methyl/N-ethyl adjacent to an activating group) is 1. The Balaban J connectivity index is 2.03. The van der Waals surface area contributed by atoms with E-state index in [4.69, 9.17) is 9.84 Å². The van der Waals surface area contributed by atoms with Crippen LogP contribution in [0.5, 0.6) is 5.75 Å². The van der Waals surface area contributed by atoms with Crippen molar-refractivity contribution in [3.8, 4) is 5.75 Å². The number of nitrogens with zero attached hydrogens (tertiary/aromatic N) is 1. The number of hydrogen-bond donors (Lipinski definition) is 3. The molecule has 2 aromatic rings. The number of aryl methyl sites for hydroxylation is 1. The monoisotopic (exact) mass is 399 g/mol. The second-order valence-corrected chi connectivity index (χ2v) is 6.75. The number of carbonyl (C=O) groups excluding carboxylic acids is 2. The maximum absolute atomic E-state index is 12.3. The molecule has 0 fully saturated rings. The van der Waals surface area contributed by atoms with Crippen LogP contribution in [0.4, 0.5) is 5.69 Å². The summed E-state index contributed by atoms with van der Waals surface area (Å²) in [4.78, 5) is 37.5.